The molecule has 0 heterocycles. The van der Waals surface area contributed by atoms with Gasteiger partial charge in [0.15, 0.2) is 0 Å². The van der Waals surface area contributed by atoms with Gasteiger partial charge in [0.25, 0.3) is 0 Å². The van der Waals surface area contributed by atoms with Crippen LogP contribution in [-0.4, -0.2) is 16.9 Å². The van der Waals surface area contributed by atoms with Crippen LogP contribution in [0.2, 0.25) is 0 Å². The molecule has 2 N–H and O–H groups in total. The molecule has 0 bridgehead atoms. The molecule has 0 spiro atoms. The van der Waals surface area contributed by atoms with Gasteiger partial charge in [0, 0.05) is 12.6 Å². The van der Waals surface area contributed by atoms with Gasteiger partial charge in [-0.2, -0.15) is 0 Å². The number of benzene rings is 1. The van der Waals surface area contributed by atoms with Crippen LogP contribution in [0.15, 0.2) is 35.5 Å². The van der Waals surface area contributed by atoms with Crippen molar-refractivity contribution in [3.05, 3.63) is 35.9 Å². The summed E-state index contributed by atoms with van der Waals surface area (Å²) in [6.45, 7) is 0. The first kappa shape index (κ1) is 14.2. The van der Waals surface area contributed by atoms with E-state index >= 15 is 0 Å². The molecule has 12 heavy (non-hydrogen) atoms. The monoisotopic (exact) mass is 175 g/mol. The van der Waals surface area contributed by atoms with Crippen molar-refractivity contribution in [2.24, 2.45) is 5.16 Å². The van der Waals surface area contributed by atoms with Crippen LogP contribution >= 0.6 is 0 Å². The molecular weight excluding hydrogens is 165 g/mol. The third-order valence-corrected chi connectivity index (χ3v) is 1.25. The van der Waals surface area contributed by atoms with Crippen LogP contribution in [0.5, 0.6) is 0 Å². The van der Waals surface area contributed by atoms with Gasteiger partial charge in [0.05, 0.1) is 0 Å². The summed E-state index contributed by atoms with van der Waals surface area (Å²) in [6.07, 6.45) is 2.16. The fourth-order valence-electron chi connectivity index (χ4n) is 0.760. The molecule has 60 valence electrons. The fraction of sp³-hybridized carbons (Fsp3) is 0.125. The molecule has 1 aromatic rings. The summed E-state index contributed by atoms with van der Waals surface area (Å²) in [6, 6.07) is 9.85. The Balaban J connectivity index is 0. The number of hydrogen-bond acceptors (Lipinski definition) is 3. The van der Waals surface area contributed by atoms with E-state index in [0.29, 0.717) is 6.42 Å². The zero-order valence-corrected chi connectivity index (χ0v) is 9.01. The number of rotatable bonds is 2. The fourth-order valence-corrected chi connectivity index (χ4v) is 0.760. The first-order valence-electron chi connectivity index (χ1n) is 3.13. The summed E-state index contributed by atoms with van der Waals surface area (Å²) in [5.41, 5.74) is 1.15. The van der Waals surface area contributed by atoms with Crippen LogP contribution in [0.25, 0.3) is 0 Å². The maximum Gasteiger partial charge on any atom is 1.00 e. The Morgan fingerprint density at radius 2 is 1.83 bits per heavy atom. The average molecular weight is 175 g/mol. The molecule has 1 rings (SSSR count). The predicted octanol–water partition coefficient (Wildman–Crippen LogP) is -1.48. The quantitative estimate of drug-likeness (QED) is 0.258. The Labute approximate surface area is 93.7 Å². The first-order chi connectivity index (χ1) is 4.93. The maximum absolute atomic E-state index is 8.10. The van der Waals surface area contributed by atoms with Gasteiger partial charge in [-0.3, -0.25) is 0 Å². The molecule has 0 saturated heterocycles. The summed E-state index contributed by atoms with van der Waals surface area (Å²) in [4.78, 5) is 0. The van der Waals surface area contributed by atoms with Crippen LogP contribution in [0.3, 0.4) is 0 Å². The molecule has 0 radical (unpaired) electrons. The molecular formula is C8H10NNaO2. The van der Waals surface area contributed by atoms with E-state index in [1.165, 1.54) is 6.21 Å². The molecule has 4 heteroatoms. The van der Waals surface area contributed by atoms with Crippen molar-refractivity contribution in [2.75, 3.05) is 0 Å². The van der Waals surface area contributed by atoms with Crippen molar-refractivity contribution in [3.8, 4) is 0 Å². The Hall–Kier alpha value is -0.350. The topological polar surface area (TPSA) is 62.6 Å². The van der Waals surface area contributed by atoms with Crippen molar-refractivity contribution >= 4 is 6.21 Å². The van der Waals surface area contributed by atoms with Gasteiger partial charge < -0.3 is 10.7 Å². The van der Waals surface area contributed by atoms with Crippen molar-refractivity contribution in [2.45, 2.75) is 6.42 Å². The van der Waals surface area contributed by atoms with Gasteiger partial charge in [-0.25, -0.2) is 0 Å². The minimum atomic E-state index is 0. The van der Waals surface area contributed by atoms with Crippen molar-refractivity contribution in [1.82, 2.24) is 0 Å². The van der Waals surface area contributed by atoms with Crippen LogP contribution < -0.4 is 29.6 Å². The third kappa shape index (κ3) is 5.32. The molecule has 0 aromatic heterocycles. The number of oxime groups is 1. The maximum atomic E-state index is 8.10. The molecule has 0 aliphatic rings. The molecule has 0 saturated carbocycles. The van der Waals surface area contributed by atoms with E-state index in [9.17, 15) is 0 Å². The normalized spacial score (nSPS) is 8.67. The van der Waals surface area contributed by atoms with E-state index in [1.807, 2.05) is 30.3 Å². The number of hydrogen-bond donors (Lipinski definition) is 1. The van der Waals surface area contributed by atoms with Crippen LogP contribution in [0.4, 0.5) is 0 Å². The summed E-state index contributed by atoms with van der Waals surface area (Å²) in [5, 5.41) is 11.0. The molecule has 0 unspecified atom stereocenters. The summed E-state index contributed by atoms with van der Waals surface area (Å²) < 4.78 is 0. The van der Waals surface area contributed by atoms with E-state index in [0.717, 1.165) is 5.56 Å². The Bertz CT molecular complexity index is 214. The molecule has 0 aliphatic heterocycles. The Morgan fingerprint density at radius 1 is 1.25 bits per heavy atom. The molecule has 0 amide bonds. The summed E-state index contributed by atoms with van der Waals surface area (Å²) in [7, 11) is 0. The summed E-state index contributed by atoms with van der Waals surface area (Å²) in [5.74, 6) is 0. The van der Waals surface area contributed by atoms with E-state index < -0.39 is 0 Å². The standard InChI is InChI=1S/C8H9NO.Na.H2O/c10-9-7-6-8-4-2-1-3-5-8;;/h1-5,7,10H,6H2;;1H2/q;+1;/p-1/b9-7+;;. The molecule has 3 nitrogen and oxygen atoms in total. The van der Waals surface area contributed by atoms with Crippen LogP contribution in [0.1, 0.15) is 5.56 Å². The molecule has 0 atom stereocenters. The van der Waals surface area contributed by atoms with Gasteiger partial charge in [-0.1, -0.05) is 30.3 Å². The van der Waals surface area contributed by atoms with Crippen molar-refractivity contribution < 1.29 is 40.2 Å². The van der Waals surface area contributed by atoms with Gasteiger partial charge in [-0.15, -0.1) is 5.16 Å². The van der Waals surface area contributed by atoms with E-state index in [1.54, 1.807) is 0 Å². The minimum Gasteiger partial charge on any atom is -0.870 e. The second-order valence-electron chi connectivity index (χ2n) is 1.99. The zero-order valence-electron chi connectivity index (χ0n) is 7.01. The predicted molar refractivity (Wildman–Crippen MR) is 42.4 cm³/mol. The second-order valence-corrected chi connectivity index (χ2v) is 1.99. The SMILES string of the molecule is O/N=C/Cc1ccccc1.[Na+].[OH-]. The van der Waals surface area contributed by atoms with Gasteiger partial charge in [-0.05, 0) is 5.56 Å². The minimum absolute atomic E-state index is 0. The first-order valence-corrected chi connectivity index (χ1v) is 3.13. The Kier molecular flexibility index (Phi) is 10.3. The van der Waals surface area contributed by atoms with Crippen LogP contribution in [0, 0.1) is 0 Å². The number of nitrogens with zero attached hydrogens (tertiary/aromatic N) is 1. The van der Waals surface area contributed by atoms with Crippen molar-refractivity contribution in [3.63, 3.8) is 0 Å². The zero-order chi connectivity index (χ0) is 7.23. The summed E-state index contributed by atoms with van der Waals surface area (Å²) >= 11 is 0. The molecule has 1 aromatic carbocycles. The van der Waals surface area contributed by atoms with Gasteiger partial charge in [0.2, 0.25) is 0 Å². The van der Waals surface area contributed by atoms with E-state index in [4.69, 9.17) is 5.21 Å². The second kappa shape index (κ2) is 8.74. The average Bonchev–Trinajstić information content (AvgIpc) is 2.03. The third-order valence-electron chi connectivity index (χ3n) is 1.25. The Morgan fingerprint density at radius 3 is 2.33 bits per heavy atom. The van der Waals surface area contributed by atoms with Crippen molar-refractivity contribution in [1.29, 1.82) is 0 Å². The largest absolute Gasteiger partial charge is 1.00 e. The van der Waals surface area contributed by atoms with Crippen LogP contribution in [-0.2, 0) is 6.42 Å². The van der Waals surface area contributed by atoms with E-state index in [2.05, 4.69) is 5.16 Å². The molecule has 0 aliphatic carbocycles. The molecule has 0 fully saturated rings. The van der Waals surface area contributed by atoms with E-state index in [-0.39, 0.29) is 35.0 Å². The van der Waals surface area contributed by atoms with Gasteiger partial charge in [0.1, 0.15) is 0 Å². The smallest absolute Gasteiger partial charge is 0.870 e. The van der Waals surface area contributed by atoms with Gasteiger partial charge >= 0.3 is 29.6 Å².